The average molecular weight is 608 g/mol. The van der Waals surface area contributed by atoms with Crippen LogP contribution in [-0.4, -0.2) is 45.2 Å². The van der Waals surface area contributed by atoms with Crippen molar-refractivity contribution in [3.05, 3.63) is 74.5 Å². The van der Waals surface area contributed by atoms with Crippen LogP contribution in [0.25, 0.3) is 0 Å². The highest BCUT2D eigenvalue weighted by Crippen LogP contribution is 2.49. The minimum Gasteiger partial charge on any atom is -0.374 e. The monoisotopic (exact) mass is 607 g/mol. The van der Waals surface area contributed by atoms with Crippen LogP contribution in [0.4, 0.5) is 32.3 Å². The first-order valence-corrected chi connectivity index (χ1v) is 12.6. The Bertz CT molecular complexity index is 1440. The van der Waals surface area contributed by atoms with Crippen LogP contribution < -0.4 is 5.32 Å². The molecule has 2 heterocycles. The molecule has 0 saturated heterocycles. The third-order valence-electron chi connectivity index (χ3n) is 6.24. The van der Waals surface area contributed by atoms with Gasteiger partial charge in [-0.15, -0.1) is 5.10 Å². The van der Waals surface area contributed by atoms with E-state index in [9.17, 15) is 31.1 Å². The lowest BCUT2D eigenvalue weighted by Crippen LogP contribution is -2.42. The number of anilines is 1. The molecular formula is C25H21Cl2F6N5O2. The Morgan fingerprint density at radius 3 is 2.40 bits per heavy atom. The van der Waals surface area contributed by atoms with E-state index in [-0.39, 0.29) is 50.8 Å². The summed E-state index contributed by atoms with van der Waals surface area (Å²) in [5, 5.41) is 10.1. The topological polar surface area (TPSA) is 81.4 Å². The van der Waals surface area contributed by atoms with E-state index in [1.54, 1.807) is 13.8 Å². The normalized spacial score (nSPS) is 18.0. The molecule has 1 amide bonds. The maximum absolute atomic E-state index is 14.3. The molecule has 0 saturated carbocycles. The Morgan fingerprint density at radius 1 is 1.15 bits per heavy atom. The van der Waals surface area contributed by atoms with E-state index in [1.807, 2.05) is 0 Å². The fourth-order valence-electron chi connectivity index (χ4n) is 4.21. The summed E-state index contributed by atoms with van der Waals surface area (Å²) in [5.41, 5.74) is -2.34. The molecule has 4 rings (SSSR count). The minimum atomic E-state index is -4.87. The molecule has 2 aromatic carbocycles. The van der Waals surface area contributed by atoms with E-state index < -0.39 is 43.1 Å². The van der Waals surface area contributed by atoms with Gasteiger partial charge in [-0.3, -0.25) is 10.1 Å². The summed E-state index contributed by atoms with van der Waals surface area (Å²) in [7, 11) is 0. The lowest BCUT2D eigenvalue weighted by atomic mass is 9.86. The van der Waals surface area contributed by atoms with Gasteiger partial charge in [-0.2, -0.15) is 18.2 Å². The number of nitrogens with zero attached hydrogens (tertiary/aromatic N) is 4. The molecule has 1 aliphatic heterocycles. The number of nitrogens with one attached hydrogen (secondary N) is 1. The number of aryl methyl sites for hydroxylation is 2. The number of carbonyl (C=O) groups excluding carboxylic acids is 1. The highest BCUT2D eigenvalue weighted by Gasteiger charge is 2.62. The third kappa shape index (κ3) is 5.90. The van der Waals surface area contributed by atoms with Crippen molar-refractivity contribution in [2.24, 2.45) is 5.16 Å². The number of hydrogen-bond acceptors (Lipinski definition) is 5. The first-order chi connectivity index (χ1) is 18.7. The van der Waals surface area contributed by atoms with Crippen LogP contribution >= 0.6 is 23.2 Å². The fraction of sp³-hybridized carbons (Fsp3) is 0.360. The number of hydrogen-bond donors (Lipinski definition) is 1. The van der Waals surface area contributed by atoms with Gasteiger partial charge in [0.25, 0.3) is 17.9 Å². The Morgan fingerprint density at radius 2 is 1.82 bits per heavy atom. The minimum absolute atomic E-state index is 0.00158. The summed E-state index contributed by atoms with van der Waals surface area (Å²) >= 11 is 11.9. The van der Waals surface area contributed by atoms with Gasteiger partial charge < -0.3 is 4.84 Å². The first-order valence-electron chi connectivity index (χ1n) is 11.8. The average Bonchev–Trinajstić information content (AvgIpc) is 3.48. The quantitative estimate of drug-likeness (QED) is 0.283. The number of oxime groups is 1. The van der Waals surface area contributed by atoms with Crippen molar-refractivity contribution >= 4 is 40.8 Å². The van der Waals surface area contributed by atoms with Crippen molar-refractivity contribution in [1.82, 2.24) is 14.8 Å². The number of halogens is 8. The van der Waals surface area contributed by atoms with E-state index in [0.29, 0.717) is 5.56 Å². The van der Waals surface area contributed by atoms with E-state index >= 15 is 0 Å². The van der Waals surface area contributed by atoms with Gasteiger partial charge in [0.05, 0.1) is 5.71 Å². The summed E-state index contributed by atoms with van der Waals surface area (Å²) in [6.07, 6.45) is -11.9. The molecule has 0 fully saturated rings. The van der Waals surface area contributed by atoms with Gasteiger partial charge in [0.15, 0.2) is 6.17 Å². The molecule has 0 bridgehead atoms. The molecule has 15 heteroatoms. The van der Waals surface area contributed by atoms with Gasteiger partial charge >= 0.3 is 6.18 Å². The van der Waals surface area contributed by atoms with Crippen LogP contribution in [0.2, 0.25) is 10.0 Å². The second-order valence-electron chi connectivity index (χ2n) is 8.99. The molecule has 0 radical (unpaired) electrons. The van der Waals surface area contributed by atoms with Crippen LogP contribution in [0, 0.1) is 6.92 Å². The number of alkyl halides is 6. The number of aromatic nitrogens is 3. The Hall–Kier alpha value is -3.32. The molecule has 1 aromatic heterocycles. The second kappa shape index (κ2) is 11.3. The van der Waals surface area contributed by atoms with Gasteiger partial charge in [-0.1, -0.05) is 34.4 Å². The number of rotatable bonds is 8. The Balaban J connectivity index is 1.54. The summed E-state index contributed by atoms with van der Waals surface area (Å²) < 4.78 is 82.7. The van der Waals surface area contributed by atoms with Crippen molar-refractivity contribution < 1.29 is 36.0 Å². The van der Waals surface area contributed by atoms with E-state index in [0.717, 1.165) is 12.1 Å². The van der Waals surface area contributed by atoms with Crippen molar-refractivity contribution in [3.63, 3.8) is 0 Å². The molecule has 1 N–H and O–H groups in total. The molecular weight excluding hydrogens is 587 g/mol. The van der Waals surface area contributed by atoms with Gasteiger partial charge in [-0.25, -0.2) is 17.9 Å². The van der Waals surface area contributed by atoms with Crippen LogP contribution in [0.1, 0.15) is 46.2 Å². The standard InChI is InChI=1S/C25H21Cl2F6N5O2/c1-3-38-20(10-18(28)21(29)30)34-23(36-38)35-22(39)17-5-4-13(6-12(17)2)19-11-24(40-37-19,25(31,32)33)14-7-15(26)9-16(27)8-14/h4-9,18,21H,3,10-11H2,1-2H3,(H,35,36,39). The molecule has 3 aromatic rings. The predicted octanol–water partition coefficient (Wildman–Crippen LogP) is 6.89. The van der Waals surface area contributed by atoms with Gasteiger partial charge in [-0.05, 0) is 55.3 Å². The summed E-state index contributed by atoms with van der Waals surface area (Å²) in [6.45, 7) is 3.40. The van der Waals surface area contributed by atoms with Crippen LogP contribution in [0.3, 0.4) is 0 Å². The largest absolute Gasteiger partial charge is 0.435 e. The fourth-order valence-corrected chi connectivity index (χ4v) is 4.73. The van der Waals surface area contributed by atoms with E-state index in [4.69, 9.17) is 28.0 Å². The van der Waals surface area contributed by atoms with Gasteiger partial charge in [0.1, 0.15) is 5.82 Å². The summed E-state index contributed by atoms with van der Waals surface area (Å²) in [6, 6.07) is 7.76. The highest BCUT2D eigenvalue weighted by molar-refractivity contribution is 6.34. The Kier molecular flexibility index (Phi) is 8.36. The van der Waals surface area contributed by atoms with Crippen molar-refractivity contribution in [2.45, 2.75) is 57.6 Å². The zero-order valence-corrected chi connectivity index (χ0v) is 22.4. The zero-order chi connectivity index (χ0) is 29.4. The maximum Gasteiger partial charge on any atom is 0.435 e. The Labute approximate surface area is 234 Å². The predicted molar refractivity (Wildman–Crippen MR) is 136 cm³/mol. The number of amides is 1. The number of carbonyl (C=O) groups is 1. The molecule has 40 heavy (non-hydrogen) atoms. The molecule has 7 nitrogen and oxygen atoms in total. The molecule has 0 spiro atoms. The van der Waals surface area contributed by atoms with Crippen LogP contribution in [-0.2, 0) is 23.4 Å². The molecule has 214 valence electrons. The van der Waals surface area contributed by atoms with Crippen molar-refractivity contribution in [2.75, 3.05) is 5.32 Å². The summed E-state index contributed by atoms with van der Waals surface area (Å²) in [4.78, 5) is 21.8. The first kappa shape index (κ1) is 29.7. The maximum atomic E-state index is 14.3. The number of benzene rings is 2. The van der Waals surface area contributed by atoms with Crippen LogP contribution in [0.5, 0.6) is 0 Å². The van der Waals surface area contributed by atoms with Crippen molar-refractivity contribution in [1.29, 1.82) is 0 Å². The lowest BCUT2D eigenvalue weighted by molar-refractivity contribution is -0.275. The molecule has 0 aliphatic carbocycles. The molecule has 1 aliphatic rings. The van der Waals surface area contributed by atoms with Gasteiger partial charge in [0, 0.05) is 40.6 Å². The molecule has 2 atom stereocenters. The zero-order valence-electron chi connectivity index (χ0n) is 20.9. The van der Waals surface area contributed by atoms with Crippen LogP contribution in [0.15, 0.2) is 41.6 Å². The van der Waals surface area contributed by atoms with E-state index in [2.05, 4.69) is 20.6 Å². The highest BCUT2D eigenvalue weighted by atomic mass is 35.5. The summed E-state index contributed by atoms with van der Waals surface area (Å²) in [5.74, 6) is -0.945. The second-order valence-corrected chi connectivity index (χ2v) is 9.87. The SMILES string of the molecule is CCn1nc(NC(=O)c2ccc(C3=NOC(c4cc(Cl)cc(Cl)c4)(C(F)(F)F)C3)cc2C)nc1CC(F)C(F)F. The lowest BCUT2D eigenvalue weighted by Gasteiger charge is -2.29. The smallest absolute Gasteiger partial charge is 0.374 e. The van der Waals surface area contributed by atoms with Crippen molar-refractivity contribution in [3.8, 4) is 0 Å². The third-order valence-corrected chi connectivity index (χ3v) is 6.68. The van der Waals surface area contributed by atoms with E-state index in [1.165, 1.54) is 28.9 Å². The van der Waals surface area contributed by atoms with Gasteiger partial charge in [0.2, 0.25) is 5.95 Å². The molecule has 2 unspecified atom stereocenters.